The summed E-state index contributed by atoms with van der Waals surface area (Å²) in [6.45, 7) is 4.34. The maximum Gasteiger partial charge on any atom is 0.331 e. The number of esters is 1. The number of carbonyl (C=O) groups is 2. The lowest BCUT2D eigenvalue weighted by Gasteiger charge is -2.27. The van der Waals surface area contributed by atoms with E-state index in [1.54, 1.807) is 36.4 Å². The van der Waals surface area contributed by atoms with E-state index in [1.807, 2.05) is 48.7 Å². The topological polar surface area (TPSA) is 99.8 Å². The van der Waals surface area contributed by atoms with Crippen LogP contribution in [0.3, 0.4) is 0 Å². The Labute approximate surface area is 209 Å². The Morgan fingerprint density at radius 1 is 1.14 bits per heavy atom. The first-order valence-electron chi connectivity index (χ1n) is 11.5. The quantitative estimate of drug-likeness (QED) is 0.253. The molecular formula is C28H26N2O6. The van der Waals surface area contributed by atoms with Crippen molar-refractivity contribution in [3.8, 4) is 23.3 Å². The Hall–Kier alpha value is -4.51. The monoisotopic (exact) mass is 486 g/mol. The second-order valence-corrected chi connectivity index (χ2v) is 8.27. The minimum absolute atomic E-state index is 0.0325. The molecule has 1 aliphatic rings. The van der Waals surface area contributed by atoms with Crippen LogP contribution in [0, 0.1) is 25.2 Å². The molecule has 0 aliphatic carbocycles. The number of nitrogens with zero attached hydrogens (tertiary/aromatic N) is 2. The molecule has 2 aromatic carbocycles. The summed E-state index contributed by atoms with van der Waals surface area (Å²) in [6.07, 6.45) is 2.65. The van der Waals surface area contributed by atoms with Crippen molar-refractivity contribution in [3.05, 3.63) is 83.2 Å². The molecule has 0 amide bonds. The maximum atomic E-state index is 12.8. The van der Waals surface area contributed by atoms with E-state index in [1.165, 1.54) is 6.08 Å². The Bertz CT molecular complexity index is 1320. The Morgan fingerprint density at radius 2 is 1.89 bits per heavy atom. The van der Waals surface area contributed by atoms with Crippen molar-refractivity contribution in [3.63, 3.8) is 0 Å². The molecule has 1 aromatic heterocycles. The highest BCUT2D eigenvalue weighted by molar-refractivity contribution is 6.00. The smallest absolute Gasteiger partial charge is 0.331 e. The molecule has 1 atom stereocenters. The number of Topliss-reactive ketones (excluding diaryl/α,β-unsaturated/α-hetero) is 1. The van der Waals surface area contributed by atoms with Crippen molar-refractivity contribution in [2.24, 2.45) is 0 Å². The summed E-state index contributed by atoms with van der Waals surface area (Å²) in [4.78, 5) is 24.9. The van der Waals surface area contributed by atoms with Gasteiger partial charge in [-0.05, 0) is 55.8 Å². The number of hydrogen-bond acceptors (Lipinski definition) is 7. The molecule has 0 N–H and O–H groups in total. The number of benzene rings is 2. The third-order valence-corrected chi connectivity index (χ3v) is 5.77. The van der Waals surface area contributed by atoms with Crippen LogP contribution >= 0.6 is 0 Å². The number of hydrogen-bond donors (Lipinski definition) is 0. The highest BCUT2D eigenvalue weighted by Gasteiger charge is 2.24. The lowest BCUT2D eigenvalue weighted by atomic mass is 10.1. The third kappa shape index (κ3) is 5.94. The molecule has 3 aromatic rings. The zero-order chi connectivity index (χ0) is 25.5. The number of rotatable bonds is 9. The van der Waals surface area contributed by atoms with Crippen LogP contribution in [0.4, 0.5) is 0 Å². The number of aryl methyl sites for hydroxylation is 1. The van der Waals surface area contributed by atoms with Crippen LogP contribution < -0.4 is 14.2 Å². The molecule has 0 bridgehead atoms. The van der Waals surface area contributed by atoms with Gasteiger partial charge in [0.15, 0.2) is 30.8 Å². The first-order valence-corrected chi connectivity index (χ1v) is 11.5. The molecular weight excluding hydrogens is 460 g/mol. The van der Waals surface area contributed by atoms with Crippen molar-refractivity contribution in [1.82, 2.24) is 4.57 Å². The van der Waals surface area contributed by atoms with E-state index < -0.39 is 5.97 Å². The van der Waals surface area contributed by atoms with Gasteiger partial charge in [0.1, 0.15) is 18.4 Å². The standard InChI is InChI=1S/C28H26N2O6/c1-19-15-24(20(2)30(19)16-23-17-34-26-5-3-4-6-27(26)36-23)25(31)18-35-28(32)12-9-21-7-10-22(11-8-21)33-14-13-29/h3-12,15,23H,14,16-18H2,1-2H3/b12-9+. The zero-order valence-electron chi connectivity index (χ0n) is 20.1. The number of ketones is 1. The molecule has 2 heterocycles. The molecule has 1 unspecified atom stereocenters. The number of para-hydroxylation sites is 2. The van der Waals surface area contributed by atoms with Crippen molar-refractivity contribution in [2.75, 3.05) is 19.8 Å². The Balaban J connectivity index is 1.31. The van der Waals surface area contributed by atoms with Gasteiger partial charge in [0.2, 0.25) is 5.78 Å². The molecule has 0 radical (unpaired) electrons. The summed E-state index contributed by atoms with van der Waals surface area (Å²) in [5.41, 5.74) is 2.95. The predicted molar refractivity (Wildman–Crippen MR) is 132 cm³/mol. The van der Waals surface area contributed by atoms with Gasteiger partial charge in [-0.3, -0.25) is 4.79 Å². The second-order valence-electron chi connectivity index (χ2n) is 8.27. The van der Waals surface area contributed by atoms with Crippen LogP contribution in [0.15, 0.2) is 60.7 Å². The molecule has 1 aliphatic heterocycles. The maximum absolute atomic E-state index is 12.8. The van der Waals surface area contributed by atoms with E-state index in [0.29, 0.717) is 30.2 Å². The fourth-order valence-electron chi connectivity index (χ4n) is 3.94. The van der Waals surface area contributed by atoms with Gasteiger partial charge in [0, 0.05) is 23.0 Å². The van der Waals surface area contributed by atoms with Crippen molar-refractivity contribution < 1.29 is 28.5 Å². The van der Waals surface area contributed by atoms with E-state index in [9.17, 15) is 9.59 Å². The van der Waals surface area contributed by atoms with Gasteiger partial charge in [-0.2, -0.15) is 5.26 Å². The van der Waals surface area contributed by atoms with Crippen LogP contribution in [-0.4, -0.2) is 42.2 Å². The van der Waals surface area contributed by atoms with Gasteiger partial charge in [-0.25, -0.2) is 4.79 Å². The highest BCUT2D eigenvalue weighted by Crippen LogP contribution is 2.31. The van der Waals surface area contributed by atoms with E-state index in [4.69, 9.17) is 24.2 Å². The van der Waals surface area contributed by atoms with Gasteiger partial charge in [0.25, 0.3) is 0 Å². The summed E-state index contributed by atoms with van der Waals surface area (Å²) in [7, 11) is 0. The van der Waals surface area contributed by atoms with Gasteiger partial charge in [-0.15, -0.1) is 0 Å². The van der Waals surface area contributed by atoms with Crippen LogP contribution in [0.25, 0.3) is 6.08 Å². The Kier molecular flexibility index (Phi) is 7.71. The average molecular weight is 487 g/mol. The van der Waals surface area contributed by atoms with Gasteiger partial charge >= 0.3 is 5.97 Å². The molecule has 0 spiro atoms. The highest BCUT2D eigenvalue weighted by atomic mass is 16.6. The number of aromatic nitrogens is 1. The molecule has 4 rings (SSSR count). The van der Waals surface area contributed by atoms with Gasteiger partial charge in [-0.1, -0.05) is 24.3 Å². The van der Waals surface area contributed by atoms with E-state index >= 15 is 0 Å². The summed E-state index contributed by atoms with van der Waals surface area (Å²) < 4.78 is 24.2. The molecule has 184 valence electrons. The SMILES string of the molecule is Cc1cc(C(=O)COC(=O)/C=C/c2ccc(OCC#N)cc2)c(C)n1CC1COc2ccccc2O1. The number of nitriles is 1. The zero-order valence-corrected chi connectivity index (χ0v) is 20.1. The molecule has 0 saturated heterocycles. The lowest BCUT2D eigenvalue weighted by molar-refractivity contribution is -0.136. The first-order chi connectivity index (χ1) is 17.4. The fraction of sp³-hybridized carbons (Fsp3) is 0.250. The normalized spacial score (nSPS) is 14.3. The Morgan fingerprint density at radius 3 is 2.64 bits per heavy atom. The second kappa shape index (κ2) is 11.3. The minimum Gasteiger partial charge on any atom is -0.486 e. The summed E-state index contributed by atoms with van der Waals surface area (Å²) in [5.74, 6) is 1.10. The lowest BCUT2D eigenvalue weighted by Crippen LogP contribution is -2.33. The van der Waals surface area contributed by atoms with Gasteiger partial charge < -0.3 is 23.5 Å². The van der Waals surface area contributed by atoms with Crippen LogP contribution in [0.1, 0.15) is 27.3 Å². The van der Waals surface area contributed by atoms with Crippen LogP contribution in [0.2, 0.25) is 0 Å². The first kappa shape index (κ1) is 24.6. The number of carbonyl (C=O) groups excluding carboxylic acids is 2. The van der Waals surface area contributed by atoms with E-state index in [2.05, 4.69) is 0 Å². The molecule has 36 heavy (non-hydrogen) atoms. The summed E-state index contributed by atoms with van der Waals surface area (Å²) >= 11 is 0. The van der Waals surface area contributed by atoms with Crippen molar-refractivity contribution >= 4 is 17.8 Å². The van der Waals surface area contributed by atoms with Crippen LogP contribution in [-0.2, 0) is 16.1 Å². The number of ether oxygens (including phenoxy) is 4. The molecule has 8 nitrogen and oxygen atoms in total. The molecule has 8 heteroatoms. The van der Waals surface area contributed by atoms with E-state index in [0.717, 1.165) is 22.7 Å². The largest absolute Gasteiger partial charge is 0.486 e. The predicted octanol–water partition coefficient (Wildman–Crippen LogP) is 4.29. The average Bonchev–Trinajstić information content (AvgIpc) is 3.18. The number of fused-ring (bicyclic) bond motifs is 1. The third-order valence-electron chi connectivity index (χ3n) is 5.77. The fourth-order valence-corrected chi connectivity index (χ4v) is 3.94. The summed E-state index contributed by atoms with van der Waals surface area (Å²) in [6, 6.07) is 18.1. The van der Waals surface area contributed by atoms with Crippen molar-refractivity contribution in [1.29, 1.82) is 5.26 Å². The van der Waals surface area contributed by atoms with Crippen LogP contribution in [0.5, 0.6) is 17.2 Å². The van der Waals surface area contributed by atoms with Crippen molar-refractivity contribution in [2.45, 2.75) is 26.5 Å². The summed E-state index contributed by atoms with van der Waals surface area (Å²) in [5, 5.41) is 8.54. The molecule has 0 fully saturated rings. The minimum atomic E-state index is -0.617. The van der Waals surface area contributed by atoms with Gasteiger partial charge in [0.05, 0.1) is 6.54 Å². The van der Waals surface area contributed by atoms with E-state index in [-0.39, 0.29) is 25.1 Å². The molecule has 0 saturated carbocycles.